The van der Waals surface area contributed by atoms with Crippen LogP contribution in [0.15, 0.2) is 63.0 Å². The quantitative estimate of drug-likeness (QED) is 0.857. The Morgan fingerprint density at radius 1 is 1.23 bits per heavy atom. The molecule has 0 saturated heterocycles. The predicted octanol–water partition coefficient (Wildman–Crippen LogP) is 1.63. The Kier molecular flexibility index (Phi) is 3.45. The van der Waals surface area contributed by atoms with Crippen LogP contribution in [0, 0.1) is 0 Å². The summed E-state index contributed by atoms with van der Waals surface area (Å²) in [6.07, 6.45) is 2.80. The molecular weight excluding hydrogens is 287 g/mol. The summed E-state index contributed by atoms with van der Waals surface area (Å²) in [5.41, 5.74) is 0.104. The van der Waals surface area contributed by atoms with Crippen LogP contribution in [-0.4, -0.2) is 15.5 Å². The van der Waals surface area contributed by atoms with Crippen molar-refractivity contribution in [2.24, 2.45) is 0 Å². The van der Waals surface area contributed by atoms with Gasteiger partial charge in [0.15, 0.2) is 0 Å². The van der Waals surface area contributed by atoms with E-state index in [9.17, 15) is 18.8 Å². The molecule has 1 aromatic carbocycles. The van der Waals surface area contributed by atoms with Crippen molar-refractivity contribution in [1.82, 2.24) is 9.55 Å². The normalized spacial score (nSPS) is 14.5. The van der Waals surface area contributed by atoms with Gasteiger partial charge in [0.05, 0.1) is 16.5 Å². The second-order valence-corrected chi connectivity index (χ2v) is 4.96. The van der Waals surface area contributed by atoms with Crippen LogP contribution in [0.5, 0.6) is 0 Å². The largest absolute Gasteiger partial charge is 0.329 e. The third-order valence-electron chi connectivity index (χ3n) is 3.55. The standard InChI is InChI=1S/C16H11FN2O3/c17-13-6-5-10(7-11(13)9-20)8-19-14-4-2-1-3-12(14)15(21)18-16(19)22/h1-6H,7-8H2,(H,18,21,22). The summed E-state index contributed by atoms with van der Waals surface area (Å²) in [6, 6.07) is 6.72. The summed E-state index contributed by atoms with van der Waals surface area (Å²) < 4.78 is 14.7. The maximum Gasteiger partial charge on any atom is 0.329 e. The first-order chi connectivity index (χ1) is 10.6. The van der Waals surface area contributed by atoms with E-state index in [-0.39, 0.29) is 18.5 Å². The maximum absolute atomic E-state index is 13.3. The second-order valence-electron chi connectivity index (χ2n) is 4.96. The van der Waals surface area contributed by atoms with E-state index < -0.39 is 17.1 Å². The number of rotatable bonds is 2. The number of H-pyrrole nitrogens is 1. The number of benzene rings is 1. The van der Waals surface area contributed by atoms with Gasteiger partial charge in [0.2, 0.25) is 0 Å². The Labute approximate surface area is 123 Å². The van der Waals surface area contributed by atoms with Crippen molar-refractivity contribution in [3.8, 4) is 0 Å². The van der Waals surface area contributed by atoms with Gasteiger partial charge in [-0.2, -0.15) is 0 Å². The van der Waals surface area contributed by atoms with Crippen molar-refractivity contribution in [3.05, 3.63) is 74.2 Å². The van der Waals surface area contributed by atoms with E-state index in [0.717, 1.165) is 0 Å². The highest BCUT2D eigenvalue weighted by molar-refractivity contribution is 5.77. The fourth-order valence-corrected chi connectivity index (χ4v) is 2.46. The van der Waals surface area contributed by atoms with Gasteiger partial charge < -0.3 is 0 Å². The average Bonchev–Trinajstić information content (AvgIpc) is 2.53. The predicted molar refractivity (Wildman–Crippen MR) is 79.9 cm³/mol. The highest BCUT2D eigenvalue weighted by Crippen LogP contribution is 2.24. The average molecular weight is 298 g/mol. The van der Waals surface area contributed by atoms with Crippen LogP contribution in [0.4, 0.5) is 4.39 Å². The number of nitrogens with zero attached hydrogens (tertiary/aromatic N) is 1. The fraction of sp³-hybridized carbons (Fsp3) is 0.125. The maximum atomic E-state index is 13.3. The zero-order valence-electron chi connectivity index (χ0n) is 11.4. The fourth-order valence-electron chi connectivity index (χ4n) is 2.46. The number of carbonyl (C=O) groups excluding carboxylic acids is 1. The molecule has 2 aromatic rings. The number of halogens is 1. The van der Waals surface area contributed by atoms with Gasteiger partial charge in [0.1, 0.15) is 11.8 Å². The molecule has 1 aliphatic rings. The number of aromatic nitrogens is 2. The molecule has 0 spiro atoms. The van der Waals surface area contributed by atoms with Crippen molar-refractivity contribution in [2.45, 2.75) is 13.0 Å². The van der Waals surface area contributed by atoms with E-state index in [4.69, 9.17) is 0 Å². The SMILES string of the molecule is O=C=C1CC(Cn2c(=O)[nH]c(=O)c3ccccc32)=CC=C1F. The van der Waals surface area contributed by atoms with Crippen molar-refractivity contribution in [1.29, 1.82) is 0 Å². The summed E-state index contributed by atoms with van der Waals surface area (Å²) in [5, 5.41) is 0.395. The first-order valence-electron chi connectivity index (χ1n) is 6.61. The smallest absolute Gasteiger partial charge is 0.289 e. The highest BCUT2D eigenvalue weighted by Gasteiger charge is 2.15. The number of aromatic amines is 1. The van der Waals surface area contributed by atoms with Crippen molar-refractivity contribution >= 4 is 16.8 Å². The lowest BCUT2D eigenvalue weighted by Crippen LogP contribution is -2.31. The van der Waals surface area contributed by atoms with Crippen LogP contribution < -0.4 is 11.2 Å². The molecule has 0 radical (unpaired) electrons. The molecule has 110 valence electrons. The van der Waals surface area contributed by atoms with Crippen molar-refractivity contribution < 1.29 is 9.18 Å². The van der Waals surface area contributed by atoms with Gasteiger partial charge in [-0.25, -0.2) is 14.0 Å². The third kappa shape index (κ3) is 2.36. The Hall–Kier alpha value is -2.98. The van der Waals surface area contributed by atoms with Crippen LogP contribution in [-0.2, 0) is 11.3 Å². The van der Waals surface area contributed by atoms with E-state index >= 15 is 0 Å². The summed E-state index contributed by atoms with van der Waals surface area (Å²) in [7, 11) is 0. The molecule has 0 amide bonds. The van der Waals surface area contributed by atoms with Gasteiger partial charge >= 0.3 is 5.69 Å². The second kappa shape index (κ2) is 5.42. The van der Waals surface area contributed by atoms with Gasteiger partial charge in [0, 0.05) is 13.0 Å². The summed E-state index contributed by atoms with van der Waals surface area (Å²) in [4.78, 5) is 36.8. The Morgan fingerprint density at radius 3 is 2.77 bits per heavy atom. The number of para-hydroxylation sites is 1. The van der Waals surface area contributed by atoms with E-state index in [1.54, 1.807) is 30.2 Å². The lowest BCUT2D eigenvalue weighted by Gasteiger charge is -2.14. The zero-order valence-corrected chi connectivity index (χ0v) is 11.4. The highest BCUT2D eigenvalue weighted by atomic mass is 19.1. The molecule has 0 fully saturated rings. The van der Waals surface area contributed by atoms with E-state index in [1.165, 1.54) is 16.7 Å². The minimum Gasteiger partial charge on any atom is -0.289 e. The molecule has 0 aliphatic heterocycles. The van der Waals surface area contributed by atoms with Gasteiger partial charge in [0.25, 0.3) is 5.56 Å². The number of hydrogen-bond acceptors (Lipinski definition) is 3. The molecule has 6 heteroatoms. The molecule has 0 atom stereocenters. The number of allylic oxidation sites excluding steroid dienone is 5. The summed E-state index contributed by atoms with van der Waals surface area (Å²) in [5.74, 6) is 0.954. The Bertz CT molecular complexity index is 988. The molecule has 1 aromatic heterocycles. The summed E-state index contributed by atoms with van der Waals surface area (Å²) in [6.45, 7) is 0.158. The van der Waals surface area contributed by atoms with E-state index in [1.807, 2.05) is 0 Å². The molecule has 0 unspecified atom stereocenters. The van der Waals surface area contributed by atoms with E-state index in [0.29, 0.717) is 16.5 Å². The van der Waals surface area contributed by atoms with Gasteiger partial charge in [-0.05, 0) is 23.8 Å². The lowest BCUT2D eigenvalue weighted by atomic mass is 10.00. The number of fused-ring (bicyclic) bond motifs is 1. The monoisotopic (exact) mass is 298 g/mol. The van der Waals surface area contributed by atoms with Crippen LogP contribution >= 0.6 is 0 Å². The van der Waals surface area contributed by atoms with E-state index in [2.05, 4.69) is 4.98 Å². The molecule has 1 heterocycles. The van der Waals surface area contributed by atoms with Crippen LogP contribution in [0.1, 0.15) is 6.42 Å². The topological polar surface area (TPSA) is 71.9 Å². The van der Waals surface area contributed by atoms with Crippen molar-refractivity contribution in [3.63, 3.8) is 0 Å². The Balaban J connectivity index is 2.11. The zero-order chi connectivity index (χ0) is 15.7. The molecular formula is C16H11FN2O3. The van der Waals surface area contributed by atoms with Gasteiger partial charge in [-0.1, -0.05) is 18.2 Å². The van der Waals surface area contributed by atoms with Gasteiger partial charge in [-0.15, -0.1) is 0 Å². The number of hydrogen-bond donors (Lipinski definition) is 1. The minimum absolute atomic E-state index is 0.0701. The van der Waals surface area contributed by atoms with Crippen LogP contribution in [0.2, 0.25) is 0 Å². The molecule has 3 rings (SSSR count). The molecule has 1 N–H and O–H groups in total. The Morgan fingerprint density at radius 2 is 2.00 bits per heavy atom. The third-order valence-corrected chi connectivity index (χ3v) is 3.55. The molecule has 0 bridgehead atoms. The van der Waals surface area contributed by atoms with Gasteiger partial charge in [-0.3, -0.25) is 14.3 Å². The van der Waals surface area contributed by atoms with Crippen LogP contribution in [0.3, 0.4) is 0 Å². The first-order valence-corrected chi connectivity index (χ1v) is 6.61. The minimum atomic E-state index is -0.613. The van der Waals surface area contributed by atoms with Crippen molar-refractivity contribution in [2.75, 3.05) is 0 Å². The molecule has 0 saturated carbocycles. The molecule has 5 nitrogen and oxygen atoms in total. The summed E-state index contributed by atoms with van der Waals surface area (Å²) >= 11 is 0. The number of nitrogens with one attached hydrogen (secondary N) is 1. The van der Waals surface area contributed by atoms with Crippen LogP contribution in [0.25, 0.3) is 10.9 Å². The molecule has 22 heavy (non-hydrogen) atoms. The molecule has 1 aliphatic carbocycles. The lowest BCUT2D eigenvalue weighted by molar-refractivity contribution is 0.561. The first kappa shape index (κ1) is 14.0.